The summed E-state index contributed by atoms with van der Waals surface area (Å²) in [6.45, 7) is 5.36. The Kier molecular flexibility index (Phi) is 4.22. The highest BCUT2D eigenvalue weighted by molar-refractivity contribution is 5.83. The average Bonchev–Trinajstić information content (AvgIpc) is 2.39. The molecule has 104 valence electrons. The van der Waals surface area contributed by atoms with Crippen LogP contribution in [0.2, 0.25) is 0 Å². The first kappa shape index (κ1) is 14.0. The maximum atomic E-state index is 12.3. The number of aliphatic hydroxyl groups excluding tert-OH is 1. The molecule has 0 spiro atoms. The van der Waals surface area contributed by atoms with Crippen molar-refractivity contribution < 1.29 is 9.90 Å². The van der Waals surface area contributed by atoms with Gasteiger partial charge in [0, 0.05) is 18.6 Å². The second-order valence-corrected chi connectivity index (χ2v) is 5.65. The number of amides is 1. The summed E-state index contributed by atoms with van der Waals surface area (Å²) in [6, 6.07) is 9.70. The predicted octanol–water partition coefficient (Wildman–Crippen LogP) is 0.800. The lowest BCUT2D eigenvalue weighted by Gasteiger charge is -2.45. The lowest BCUT2D eigenvalue weighted by molar-refractivity contribution is -0.143. The zero-order valence-electron chi connectivity index (χ0n) is 11.6. The third-order valence-electron chi connectivity index (χ3n) is 3.73. The van der Waals surface area contributed by atoms with Crippen LogP contribution in [0.5, 0.6) is 0 Å². The van der Waals surface area contributed by atoms with Gasteiger partial charge in [-0.1, -0.05) is 30.3 Å². The lowest BCUT2D eigenvalue weighted by Crippen LogP contribution is -2.66. The molecule has 1 aliphatic rings. The van der Waals surface area contributed by atoms with Gasteiger partial charge in [0.15, 0.2) is 0 Å². The second-order valence-electron chi connectivity index (χ2n) is 5.65. The van der Waals surface area contributed by atoms with Crippen LogP contribution < -0.4 is 5.32 Å². The summed E-state index contributed by atoms with van der Waals surface area (Å²) in [5.41, 5.74) is 1.02. The fourth-order valence-electron chi connectivity index (χ4n) is 2.48. The van der Waals surface area contributed by atoms with E-state index in [1.165, 1.54) is 5.56 Å². The highest BCUT2D eigenvalue weighted by Crippen LogP contribution is 2.20. The van der Waals surface area contributed by atoms with Gasteiger partial charge >= 0.3 is 0 Å². The molecule has 1 aromatic rings. The minimum atomic E-state index is -0.455. The largest absolute Gasteiger partial charge is 0.394 e. The molecule has 1 atom stereocenters. The number of nitrogens with one attached hydrogen (secondary N) is 1. The normalized spacial score (nSPS) is 22.6. The molecule has 19 heavy (non-hydrogen) atoms. The summed E-state index contributed by atoms with van der Waals surface area (Å²) >= 11 is 0. The van der Waals surface area contributed by atoms with Gasteiger partial charge in [-0.15, -0.1) is 0 Å². The van der Waals surface area contributed by atoms with Crippen molar-refractivity contribution in [3.8, 4) is 0 Å². The highest BCUT2D eigenvalue weighted by Gasteiger charge is 2.39. The van der Waals surface area contributed by atoms with Gasteiger partial charge in [-0.3, -0.25) is 4.79 Å². The minimum Gasteiger partial charge on any atom is -0.394 e. The van der Waals surface area contributed by atoms with Crippen LogP contribution in [0.4, 0.5) is 0 Å². The Morgan fingerprint density at radius 2 is 2.05 bits per heavy atom. The number of hydrogen-bond donors (Lipinski definition) is 2. The standard InChI is InChI=1S/C15H22N2O2/c1-15(2)11-16-13(10-18)14(19)17(15)9-8-12-6-4-3-5-7-12/h3-7,13,16,18H,8-11H2,1-2H3. The van der Waals surface area contributed by atoms with Crippen molar-refractivity contribution in [3.05, 3.63) is 35.9 Å². The molecular weight excluding hydrogens is 240 g/mol. The van der Waals surface area contributed by atoms with E-state index in [1.807, 2.05) is 23.1 Å². The van der Waals surface area contributed by atoms with E-state index in [4.69, 9.17) is 0 Å². The Morgan fingerprint density at radius 3 is 2.68 bits per heavy atom. The molecule has 0 radical (unpaired) electrons. The Balaban J connectivity index is 2.05. The van der Waals surface area contributed by atoms with Crippen LogP contribution in [0.25, 0.3) is 0 Å². The van der Waals surface area contributed by atoms with Gasteiger partial charge in [-0.2, -0.15) is 0 Å². The van der Waals surface area contributed by atoms with Crippen molar-refractivity contribution in [3.63, 3.8) is 0 Å². The molecule has 2 rings (SSSR count). The first-order valence-electron chi connectivity index (χ1n) is 6.74. The Labute approximate surface area is 114 Å². The lowest BCUT2D eigenvalue weighted by atomic mass is 9.96. The van der Waals surface area contributed by atoms with Crippen molar-refractivity contribution >= 4 is 5.91 Å². The molecule has 1 fully saturated rings. The molecule has 1 aliphatic heterocycles. The van der Waals surface area contributed by atoms with Crippen LogP contribution in [-0.4, -0.2) is 47.2 Å². The van der Waals surface area contributed by atoms with Gasteiger partial charge in [-0.05, 0) is 25.8 Å². The van der Waals surface area contributed by atoms with Crippen LogP contribution in [-0.2, 0) is 11.2 Å². The zero-order valence-corrected chi connectivity index (χ0v) is 11.6. The summed E-state index contributed by atoms with van der Waals surface area (Å²) in [6.07, 6.45) is 0.841. The van der Waals surface area contributed by atoms with Crippen molar-refractivity contribution in [2.45, 2.75) is 31.8 Å². The molecule has 0 aromatic heterocycles. The van der Waals surface area contributed by atoms with Crippen LogP contribution in [0.15, 0.2) is 30.3 Å². The van der Waals surface area contributed by atoms with Gasteiger partial charge in [0.05, 0.1) is 6.61 Å². The van der Waals surface area contributed by atoms with E-state index in [-0.39, 0.29) is 18.1 Å². The molecule has 1 heterocycles. The topological polar surface area (TPSA) is 52.6 Å². The third-order valence-corrected chi connectivity index (χ3v) is 3.73. The molecule has 4 nitrogen and oxygen atoms in total. The first-order valence-corrected chi connectivity index (χ1v) is 6.74. The van der Waals surface area contributed by atoms with Crippen LogP contribution >= 0.6 is 0 Å². The van der Waals surface area contributed by atoms with Gasteiger partial charge < -0.3 is 15.3 Å². The molecule has 1 saturated heterocycles. The summed E-state index contributed by atoms with van der Waals surface area (Å²) in [5.74, 6) is -0.00492. The highest BCUT2D eigenvalue weighted by atomic mass is 16.3. The van der Waals surface area contributed by atoms with Gasteiger partial charge in [-0.25, -0.2) is 0 Å². The number of piperazine rings is 1. The predicted molar refractivity (Wildman–Crippen MR) is 74.8 cm³/mol. The summed E-state index contributed by atoms with van der Waals surface area (Å²) in [5, 5.41) is 12.3. The number of benzene rings is 1. The fourth-order valence-corrected chi connectivity index (χ4v) is 2.48. The SMILES string of the molecule is CC1(C)CNC(CO)C(=O)N1CCc1ccccc1. The molecule has 0 saturated carbocycles. The smallest absolute Gasteiger partial charge is 0.242 e. The average molecular weight is 262 g/mol. The van der Waals surface area contributed by atoms with Gasteiger partial charge in [0.1, 0.15) is 6.04 Å². The molecule has 2 N–H and O–H groups in total. The monoisotopic (exact) mass is 262 g/mol. The summed E-state index contributed by atoms with van der Waals surface area (Å²) in [7, 11) is 0. The van der Waals surface area contributed by atoms with E-state index in [0.29, 0.717) is 13.1 Å². The molecule has 1 amide bonds. The second kappa shape index (κ2) is 5.72. The van der Waals surface area contributed by atoms with E-state index in [0.717, 1.165) is 6.42 Å². The van der Waals surface area contributed by atoms with E-state index < -0.39 is 6.04 Å². The quantitative estimate of drug-likeness (QED) is 0.844. The molecule has 1 aromatic carbocycles. The van der Waals surface area contributed by atoms with Gasteiger partial charge in [0.25, 0.3) is 0 Å². The Morgan fingerprint density at radius 1 is 1.37 bits per heavy atom. The Bertz CT molecular complexity index is 431. The number of nitrogens with zero attached hydrogens (tertiary/aromatic N) is 1. The summed E-state index contributed by atoms with van der Waals surface area (Å²) in [4.78, 5) is 14.2. The maximum Gasteiger partial charge on any atom is 0.242 e. The van der Waals surface area contributed by atoms with Crippen LogP contribution in [0.1, 0.15) is 19.4 Å². The Hall–Kier alpha value is -1.39. The summed E-state index contributed by atoms with van der Waals surface area (Å²) < 4.78 is 0. The molecule has 0 bridgehead atoms. The van der Waals surface area contributed by atoms with Crippen LogP contribution in [0.3, 0.4) is 0 Å². The number of carbonyl (C=O) groups excluding carboxylic acids is 1. The van der Waals surface area contributed by atoms with Crippen molar-refractivity contribution in [2.75, 3.05) is 19.7 Å². The van der Waals surface area contributed by atoms with E-state index in [2.05, 4.69) is 31.3 Å². The van der Waals surface area contributed by atoms with Crippen molar-refractivity contribution in [2.24, 2.45) is 0 Å². The number of hydrogen-bond acceptors (Lipinski definition) is 3. The minimum absolute atomic E-state index is 0.00492. The number of aliphatic hydroxyl groups is 1. The van der Waals surface area contributed by atoms with Crippen molar-refractivity contribution in [1.82, 2.24) is 10.2 Å². The molecule has 1 unspecified atom stereocenters. The van der Waals surface area contributed by atoms with Crippen molar-refractivity contribution in [1.29, 1.82) is 0 Å². The van der Waals surface area contributed by atoms with Gasteiger partial charge in [0.2, 0.25) is 5.91 Å². The number of carbonyl (C=O) groups is 1. The zero-order chi connectivity index (χ0) is 13.9. The van der Waals surface area contributed by atoms with E-state index in [9.17, 15) is 9.90 Å². The van der Waals surface area contributed by atoms with Crippen LogP contribution in [0, 0.1) is 0 Å². The molecule has 4 heteroatoms. The number of rotatable bonds is 4. The van der Waals surface area contributed by atoms with E-state index in [1.54, 1.807) is 0 Å². The third kappa shape index (κ3) is 3.14. The molecule has 0 aliphatic carbocycles. The first-order chi connectivity index (χ1) is 9.04. The fraction of sp³-hybridized carbons (Fsp3) is 0.533. The maximum absolute atomic E-state index is 12.3. The van der Waals surface area contributed by atoms with E-state index >= 15 is 0 Å². The molecular formula is C15H22N2O2.